The van der Waals surface area contributed by atoms with Crippen LogP contribution in [0.15, 0.2) is 66.4 Å². The van der Waals surface area contributed by atoms with E-state index in [-0.39, 0.29) is 94.3 Å². The van der Waals surface area contributed by atoms with Crippen LogP contribution in [0.4, 0.5) is 14.6 Å². The van der Waals surface area contributed by atoms with Crippen molar-refractivity contribution in [3.05, 3.63) is 111 Å². The molecular formula is C57H61ClF2N12O6S. The van der Waals surface area contributed by atoms with Crippen LogP contribution in [0, 0.1) is 31.4 Å². The van der Waals surface area contributed by atoms with Crippen molar-refractivity contribution in [1.29, 1.82) is 0 Å². The molecule has 4 saturated heterocycles. The Kier molecular flexibility index (Phi) is 14.3. The number of benzene rings is 4. The maximum atomic E-state index is 16.7. The fourth-order valence-corrected chi connectivity index (χ4v) is 13.2. The number of hydrogen-bond donors (Lipinski definition) is 5. The second kappa shape index (κ2) is 21.5. The van der Waals surface area contributed by atoms with Crippen molar-refractivity contribution in [3.63, 3.8) is 0 Å². The average Bonchev–Trinajstić information content (AvgIpc) is 4.41. The first-order chi connectivity index (χ1) is 38.2. The van der Waals surface area contributed by atoms with Gasteiger partial charge in [-0.05, 0) is 67.9 Å². The van der Waals surface area contributed by atoms with Gasteiger partial charge in [0.05, 0.1) is 63.2 Å². The first-order valence-electron chi connectivity index (χ1n) is 26.8. The zero-order chi connectivity index (χ0) is 54.8. The Morgan fingerprint density at radius 3 is 2.63 bits per heavy atom. The van der Waals surface area contributed by atoms with Gasteiger partial charge in [0.2, 0.25) is 11.8 Å². The van der Waals surface area contributed by atoms with Crippen LogP contribution in [0.25, 0.3) is 49.1 Å². The van der Waals surface area contributed by atoms with Gasteiger partial charge in [-0.25, -0.2) is 19.6 Å². The lowest BCUT2D eigenvalue weighted by Crippen LogP contribution is -2.55. The molecule has 2 bridgehead atoms. The van der Waals surface area contributed by atoms with Gasteiger partial charge in [0.1, 0.15) is 54.4 Å². The number of piperazine rings is 1. The summed E-state index contributed by atoms with van der Waals surface area (Å²) in [6.07, 6.45) is 6.12. The number of thiazole rings is 1. The van der Waals surface area contributed by atoms with E-state index in [1.807, 2.05) is 50.5 Å². The molecular weight excluding hydrogens is 1050 g/mol. The SMILES string of the molecule is Cc1ncsc1-c1ccc(CNC(=O)C2CCCN2C(=O)C(C(C)C)N(N)/C=C(\N)c2ccc(COc3c(-c4c(C)c(F)cc5[nH]ncc45)c(Cl)c4c5c(nc(OC6CCOCC6)nc35)N3C5CNC(C5)C3CO4)c(F)c2)cc1. The Labute approximate surface area is 463 Å². The van der Waals surface area contributed by atoms with E-state index in [1.165, 1.54) is 23.3 Å². The van der Waals surface area contributed by atoms with Crippen molar-refractivity contribution in [1.82, 2.24) is 45.7 Å². The number of hydrazine groups is 1. The summed E-state index contributed by atoms with van der Waals surface area (Å²) >= 11 is 9.16. The number of anilines is 1. The minimum absolute atomic E-state index is 0.0891. The third-order valence-electron chi connectivity index (χ3n) is 16.1. The molecule has 79 heavy (non-hydrogen) atoms. The van der Waals surface area contributed by atoms with E-state index in [0.29, 0.717) is 96.5 Å². The maximum Gasteiger partial charge on any atom is 0.319 e. The number of aromatic nitrogens is 5. The quantitative estimate of drug-likeness (QED) is 0.0484. The molecule has 5 atom stereocenters. The number of rotatable bonds is 15. The fraction of sp³-hybridized carbons (Fsp3) is 0.404. The molecule has 7 aromatic rings. The molecule has 18 nitrogen and oxygen atoms in total. The number of nitrogens with one attached hydrogen (secondary N) is 3. The third kappa shape index (κ3) is 9.72. The number of ether oxygens (including phenoxy) is 4. The van der Waals surface area contributed by atoms with E-state index >= 15 is 8.78 Å². The van der Waals surface area contributed by atoms with Crippen LogP contribution >= 0.6 is 22.9 Å². The van der Waals surface area contributed by atoms with Crippen LogP contribution in [-0.2, 0) is 27.5 Å². The molecule has 8 heterocycles. The lowest BCUT2D eigenvalue weighted by atomic mass is 9.93. The van der Waals surface area contributed by atoms with Gasteiger partial charge in [-0.1, -0.05) is 61.8 Å². The number of aryl methyl sites for hydroxylation is 1. The van der Waals surface area contributed by atoms with Gasteiger partial charge in [-0.3, -0.25) is 14.7 Å². The van der Waals surface area contributed by atoms with Crippen LogP contribution < -0.4 is 41.3 Å². The lowest BCUT2D eigenvalue weighted by molar-refractivity contribution is -0.143. The number of carbonyl (C=O) groups excluding carboxylic acids is 2. The largest absolute Gasteiger partial charge is 0.489 e. The van der Waals surface area contributed by atoms with Gasteiger partial charge in [0.15, 0.2) is 11.5 Å². The molecule has 3 aromatic heterocycles. The van der Waals surface area contributed by atoms with Crippen molar-refractivity contribution < 1.29 is 37.3 Å². The van der Waals surface area contributed by atoms with Gasteiger partial charge in [-0.15, -0.1) is 11.3 Å². The molecule has 5 unspecified atom stereocenters. The topological polar surface area (TPSA) is 224 Å². The van der Waals surface area contributed by atoms with Crippen LogP contribution in [-0.4, -0.2) is 116 Å². The Morgan fingerprint density at radius 1 is 1.06 bits per heavy atom. The van der Waals surface area contributed by atoms with Crippen LogP contribution in [0.1, 0.15) is 73.9 Å². The first kappa shape index (κ1) is 52.5. The Morgan fingerprint density at radius 2 is 1.87 bits per heavy atom. The second-order valence-corrected chi connectivity index (χ2v) is 22.6. The molecule has 0 aliphatic carbocycles. The molecule has 2 amide bonds. The number of H-pyrrole nitrogens is 1. The normalized spacial score (nSPS) is 20.4. The number of halogens is 3. The van der Waals surface area contributed by atoms with Gasteiger partial charge >= 0.3 is 6.01 Å². The zero-order valence-corrected chi connectivity index (χ0v) is 45.7. The molecule has 0 spiro atoms. The number of fused-ring (bicyclic) bond motifs is 7. The van der Waals surface area contributed by atoms with Crippen LogP contribution in [0.2, 0.25) is 5.02 Å². The molecule has 412 valence electrons. The predicted molar refractivity (Wildman–Crippen MR) is 297 cm³/mol. The minimum atomic E-state index is -0.899. The lowest BCUT2D eigenvalue weighted by Gasteiger charge is -2.35. The maximum absolute atomic E-state index is 16.7. The van der Waals surface area contributed by atoms with Gasteiger partial charge in [-0.2, -0.15) is 15.1 Å². The Bertz CT molecular complexity index is 3540. The van der Waals surface area contributed by atoms with Gasteiger partial charge in [0.25, 0.3) is 0 Å². The number of nitrogens with zero attached hydrogens (tertiary/aromatic N) is 7. The number of likely N-dealkylation sites (tertiary alicyclic amines) is 1. The van der Waals surface area contributed by atoms with E-state index in [1.54, 1.807) is 41.5 Å². The summed E-state index contributed by atoms with van der Waals surface area (Å²) in [6.45, 7) is 9.81. The summed E-state index contributed by atoms with van der Waals surface area (Å²) in [5, 5.41) is 16.2. The minimum Gasteiger partial charge on any atom is -0.489 e. The van der Waals surface area contributed by atoms with E-state index in [0.717, 1.165) is 34.7 Å². The third-order valence-corrected chi connectivity index (χ3v) is 17.4. The van der Waals surface area contributed by atoms with Crippen molar-refractivity contribution in [2.45, 2.75) is 109 Å². The summed E-state index contributed by atoms with van der Waals surface area (Å²) in [6, 6.07) is 12.5. The Balaban J connectivity index is 0.825. The van der Waals surface area contributed by atoms with Crippen LogP contribution in [0.5, 0.6) is 17.5 Å². The van der Waals surface area contributed by atoms with Crippen LogP contribution in [0.3, 0.4) is 0 Å². The summed E-state index contributed by atoms with van der Waals surface area (Å²) < 4.78 is 58.4. The highest BCUT2D eigenvalue weighted by Gasteiger charge is 2.50. The zero-order valence-electron chi connectivity index (χ0n) is 44.2. The summed E-state index contributed by atoms with van der Waals surface area (Å²) in [5.41, 5.74) is 13.6. The fourth-order valence-electron chi connectivity index (χ4n) is 12.0. The number of aromatic amines is 1. The van der Waals surface area contributed by atoms with E-state index in [4.69, 9.17) is 52.1 Å². The molecule has 0 radical (unpaired) electrons. The predicted octanol–water partition coefficient (Wildman–Crippen LogP) is 8.06. The molecule has 0 saturated carbocycles. The highest BCUT2D eigenvalue weighted by Crippen LogP contribution is 2.55. The van der Waals surface area contributed by atoms with Crippen molar-refractivity contribution in [2.24, 2.45) is 17.5 Å². The number of carbonyl (C=O) groups is 2. The van der Waals surface area contributed by atoms with E-state index in [2.05, 4.69) is 30.7 Å². The van der Waals surface area contributed by atoms with Gasteiger partial charge in [0, 0.05) is 78.4 Å². The first-order valence-corrected chi connectivity index (χ1v) is 28.1. The smallest absolute Gasteiger partial charge is 0.319 e. The van der Waals surface area contributed by atoms with Crippen molar-refractivity contribution >= 4 is 68.1 Å². The van der Waals surface area contributed by atoms with Crippen molar-refractivity contribution in [3.8, 4) is 39.1 Å². The highest BCUT2D eigenvalue weighted by molar-refractivity contribution is 7.13. The van der Waals surface area contributed by atoms with E-state index in [9.17, 15) is 9.59 Å². The van der Waals surface area contributed by atoms with Crippen molar-refractivity contribution in [2.75, 3.05) is 37.8 Å². The standard InChI is InChI=1S/C57H61ClF2N12O6S/c1-28(2)50(56(74)70-15-5-6-43(70)55(73)64-21-31-7-9-32(10-8-31)53-30(4)65-27-79-53)71(62)24-40(61)33-11-12-34(39(60)18-33)25-76-52-46(45-29(3)38(59)20-41-37(45)23-66-69-41)48(58)51-47-49(52)67-57(78-36-13-16-75-17-14-36)68-54(47)72-35-19-42(63-22-35)44(72)26-77-51/h7-12,18,20,23-24,27-28,35-36,42-44,50,63H,5-6,13-17,19,21-22,25-26,61-62H2,1-4H3,(H,64,73)(H,66,69)/b40-24-. The molecule has 5 aliphatic heterocycles. The van der Waals surface area contributed by atoms with E-state index < -0.39 is 23.7 Å². The monoisotopic (exact) mass is 1110 g/mol. The summed E-state index contributed by atoms with van der Waals surface area (Å²) in [4.78, 5) is 47.5. The highest BCUT2D eigenvalue weighted by atomic mass is 35.5. The second-order valence-electron chi connectivity index (χ2n) is 21.4. The average molecular weight is 1120 g/mol. The molecule has 4 aromatic carbocycles. The number of hydrogen-bond acceptors (Lipinski definition) is 16. The van der Waals surface area contributed by atoms with Gasteiger partial charge < -0.3 is 50.1 Å². The Hall–Kier alpha value is -7.17. The molecule has 22 heteroatoms. The molecule has 7 N–H and O–H groups in total. The molecule has 12 rings (SSSR count). The molecule has 5 aliphatic rings. The molecule has 4 fully saturated rings. The summed E-state index contributed by atoms with van der Waals surface area (Å²) in [7, 11) is 0. The number of nitrogens with two attached hydrogens (primary N) is 2. The summed E-state index contributed by atoms with van der Waals surface area (Å²) in [5.74, 6) is 5.68. The number of amides is 2.